The van der Waals surface area contributed by atoms with Gasteiger partial charge in [0.05, 0.1) is 18.3 Å². The first kappa shape index (κ1) is 24.0. The molecule has 4 aromatic rings. The monoisotopic (exact) mass is 480 g/mol. The van der Waals surface area contributed by atoms with E-state index in [2.05, 4.69) is 15.7 Å². The lowest BCUT2D eigenvalue weighted by Crippen LogP contribution is -2.28. The highest BCUT2D eigenvalue weighted by molar-refractivity contribution is 6.30. The number of pyridine rings is 1. The Hall–Kier alpha value is -3.16. The van der Waals surface area contributed by atoms with Gasteiger partial charge in [0.25, 0.3) is 0 Å². The number of aromatic nitrogens is 4. The minimum Gasteiger partial charge on any atom is -0.479 e. The second-order valence-corrected chi connectivity index (χ2v) is 10.0. The molecule has 0 radical (unpaired) electrons. The molecule has 0 amide bonds. The molecule has 0 aliphatic rings. The van der Waals surface area contributed by atoms with Gasteiger partial charge in [-0.1, -0.05) is 23.7 Å². The van der Waals surface area contributed by atoms with E-state index in [0.29, 0.717) is 22.8 Å². The smallest absolute Gasteiger partial charge is 0.337 e. The van der Waals surface area contributed by atoms with Gasteiger partial charge in [-0.2, -0.15) is 5.10 Å². The van der Waals surface area contributed by atoms with Crippen LogP contribution in [0, 0.1) is 13.8 Å². The Kier molecular flexibility index (Phi) is 6.27. The molecular formula is C26H29ClN4O3. The number of carboxylic acid groups (broad SMARTS) is 1. The van der Waals surface area contributed by atoms with Crippen LogP contribution in [0.3, 0.4) is 0 Å². The van der Waals surface area contributed by atoms with Crippen LogP contribution in [0.1, 0.15) is 49.4 Å². The third-order valence-electron chi connectivity index (χ3n) is 5.67. The number of carbonyl (C=O) groups is 1. The normalized spacial score (nSPS) is 12.9. The molecule has 8 heteroatoms. The fourth-order valence-corrected chi connectivity index (χ4v) is 4.41. The second kappa shape index (κ2) is 8.89. The number of hydrogen-bond acceptors (Lipinski definition) is 4. The van der Waals surface area contributed by atoms with Crippen LogP contribution >= 0.6 is 11.6 Å². The first-order valence-corrected chi connectivity index (χ1v) is 11.5. The Morgan fingerprint density at radius 3 is 2.44 bits per heavy atom. The summed E-state index contributed by atoms with van der Waals surface area (Å²) in [6.07, 6.45) is 2.64. The van der Waals surface area contributed by atoms with E-state index in [1.807, 2.05) is 78.3 Å². The molecule has 0 bridgehead atoms. The van der Waals surface area contributed by atoms with Crippen molar-refractivity contribution >= 4 is 28.6 Å². The Labute approximate surface area is 203 Å². The molecule has 4 rings (SSSR count). The highest BCUT2D eigenvalue weighted by Gasteiger charge is 2.33. The van der Waals surface area contributed by atoms with Crippen LogP contribution in [0.2, 0.25) is 5.02 Å². The lowest BCUT2D eigenvalue weighted by Gasteiger charge is -2.28. The standard InChI is InChI=1S/C26H29ClN4O3/c1-15-11-20-22(18-7-9-19(27)10-8-18)21(23(25(32)33)34-26(3,4)5)16(2)29-24(20)31(15)14-17-12-28-30(6)13-17/h7-13,23H,14H2,1-6H3,(H,32,33)/t23-/m0/s1. The predicted octanol–water partition coefficient (Wildman–Crippen LogP) is 5.70. The maximum absolute atomic E-state index is 12.4. The minimum atomic E-state index is -1.18. The number of rotatable bonds is 6. The number of carboxylic acids is 1. The van der Waals surface area contributed by atoms with Gasteiger partial charge in [0, 0.05) is 51.7 Å². The lowest BCUT2D eigenvalue weighted by molar-refractivity contribution is -0.160. The van der Waals surface area contributed by atoms with Crippen molar-refractivity contribution in [2.24, 2.45) is 7.05 Å². The van der Waals surface area contributed by atoms with Gasteiger partial charge in [-0.05, 0) is 58.4 Å². The van der Waals surface area contributed by atoms with E-state index in [1.165, 1.54) is 0 Å². The molecule has 3 heterocycles. The molecule has 3 aromatic heterocycles. The molecule has 0 unspecified atom stereocenters. The summed E-state index contributed by atoms with van der Waals surface area (Å²) in [5, 5.41) is 15.9. The van der Waals surface area contributed by atoms with E-state index >= 15 is 0 Å². The van der Waals surface area contributed by atoms with E-state index < -0.39 is 17.7 Å². The number of nitrogens with zero attached hydrogens (tertiary/aromatic N) is 4. The van der Waals surface area contributed by atoms with Gasteiger partial charge in [-0.3, -0.25) is 4.68 Å². The number of halogens is 1. The van der Waals surface area contributed by atoms with E-state index in [1.54, 1.807) is 4.68 Å². The number of hydrogen-bond donors (Lipinski definition) is 1. The highest BCUT2D eigenvalue weighted by atomic mass is 35.5. The average Bonchev–Trinajstić information content (AvgIpc) is 3.28. The molecule has 1 N–H and O–H groups in total. The predicted molar refractivity (Wildman–Crippen MR) is 133 cm³/mol. The molecule has 0 saturated heterocycles. The van der Waals surface area contributed by atoms with Crippen LogP contribution in [-0.4, -0.2) is 36.0 Å². The maximum atomic E-state index is 12.4. The van der Waals surface area contributed by atoms with Crippen LogP contribution in [-0.2, 0) is 23.1 Å². The summed E-state index contributed by atoms with van der Waals surface area (Å²) in [6, 6.07) is 9.49. The van der Waals surface area contributed by atoms with Crippen LogP contribution in [0.15, 0.2) is 42.7 Å². The highest BCUT2D eigenvalue weighted by Crippen LogP contribution is 2.40. The van der Waals surface area contributed by atoms with E-state index in [0.717, 1.165) is 33.4 Å². The summed E-state index contributed by atoms with van der Waals surface area (Å²) in [4.78, 5) is 17.3. The molecule has 0 aliphatic carbocycles. The fraction of sp³-hybridized carbons (Fsp3) is 0.346. The van der Waals surface area contributed by atoms with Gasteiger partial charge in [0.2, 0.25) is 0 Å². The molecule has 7 nitrogen and oxygen atoms in total. The maximum Gasteiger partial charge on any atom is 0.337 e. The van der Waals surface area contributed by atoms with Gasteiger partial charge < -0.3 is 14.4 Å². The molecule has 34 heavy (non-hydrogen) atoms. The summed E-state index contributed by atoms with van der Waals surface area (Å²) in [5.74, 6) is -1.05. The summed E-state index contributed by atoms with van der Waals surface area (Å²) >= 11 is 6.17. The summed E-state index contributed by atoms with van der Waals surface area (Å²) in [7, 11) is 1.89. The Bertz CT molecular complexity index is 1360. The van der Waals surface area contributed by atoms with Crippen LogP contribution < -0.4 is 0 Å². The van der Waals surface area contributed by atoms with Gasteiger partial charge in [0.1, 0.15) is 5.65 Å². The third kappa shape index (κ3) is 4.72. The van der Waals surface area contributed by atoms with E-state index in [-0.39, 0.29) is 0 Å². The van der Waals surface area contributed by atoms with Gasteiger partial charge in [-0.15, -0.1) is 0 Å². The number of fused-ring (bicyclic) bond motifs is 1. The molecular weight excluding hydrogens is 452 g/mol. The van der Waals surface area contributed by atoms with Crippen molar-refractivity contribution in [3.05, 3.63) is 70.3 Å². The largest absolute Gasteiger partial charge is 0.479 e. The first-order chi connectivity index (χ1) is 15.9. The quantitative estimate of drug-likeness (QED) is 0.383. The van der Waals surface area contributed by atoms with Crippen LogP contribution in [0.5, 0.6) is 0 Å². The molecule has 1 aromatic carbocycles. The molecule has 0 fully saturated rings. The van der Waals surface area contributed by atoms with Crippen LogP contribution in [0.25, 0.3) is 22.2 Å². The molecule has 1 atom stereocenters. The zero-order valence-electron chi connectivity index (χ0n) is 20.3. The van der Waals surface area contributed by atoms with Crippen molar-refractivity contribution in [1.82, 2.24) is 19.3 Å². The second-order valence-electron chi connectivity index (χ2n) is 9.57. The van der Waals surface area contributed by atoms with Gasteiger partial charge in [-0.25, -0.2) is 9.78 Å². The number of benzene rings is 1. The van der Waals surface area contributed by atoms with Crippen molar-refractivity contribution in [2.75, 3.05) is 0 Å². The third-order valence-corrected chi connectivity index (χ3v) is 5.92. The Balaban J connectivity index is 2.02. The SMILES string of the molecule is Cc1nc2c(cc(C)n2Cc2cnn(C)c2)c(-c2ccc(Cl)cc2)c1[C@H](OC(C)(C)C)C(=O)O. The van der Waals surface area contributed by atoms with E-state index in [9.17, 15) is 9.90 Å². The Morgan fingerprint density at radius 1 is 1.21 bits per heavy atom. The lowest BCUT2D eigenvalue weighted by atomic mass is 9.92. The van der Waals surface area contributed by atoms with Crippen molar-refractivity contribution in [3.8, 4) is 11.1 Å². The summed E-state index contributed by atoms with van der Waals surface area (Å²) in [6.45, 7) is 10.0. The molecule has 0 spiro atoms. The number of aryl methyl sites for hydroxylation is 3. The zero-order valence-corrected chi connectivity index (χ0v) is 21.0. The van der Waals surface area contributed by atoms with Gasteiger partial charge >= 0.3 is 5.97 Å². The number of aliphatic carboxylic acids is 1. The van der Waals surface area contributed by atoms with Crippen molar-refractivity contribution in [1.29, 1.82) is 0 Å². The van der Waals surface area contributed by atoms with E-state index in [4.69, 9.17) is 21.3 Å². The molecule has 0 aliphatic heterocycles. The van der Waals surface area contributed by atoms with Crippen molar-refractivity contribution in [2.45, 2.75) is 52.9 Å². The topological polar surface area (TPSA) is 82.2 Å². The molecule has 178 valence electrons. The molecule has 0 saturated carbocycles. The number of ether oxygens (including phenoxy) is 1. The minimum absolute atomic E-state index is 0.552. The average molecular weight is 481 g/mol. The van der Waals surface area contributed by atoms with Crippen molar-refractivity contribution in [3.63, 3.8) is 0 Å². The van der Waals surface area contributed by atoms with Crippen molar-refractivity contribution < 1.29 is 14.6 Å². The van der Waals surface area contributed by atoms with Crippen LogP contribution in [0.4, 0.5) is 0 Å². The fourth-order valence-electron chi connectivity index (χ4n) is 4.28. The van der Waals surface area contributed by atoms with Gasteiger partial charge in [0.15, 0.2) is 6.10 Å². The first-order valence-electron chi connectivity index (χ1n) is 11.1. The summed E-state index contributed by atoms with van der Waals surface area (Å²) in [5.41, 5.74) is 5.01. The summed E-state index contributed by atoms with van der Waals surface area (Å²) < 4.78 is 9.95. The Morgan fingerprint density at radius 2 is 1.88 bits per heavy atom. The zero-order chi connectivity index (χ0) is 24.8.